The minimum absolute atomic E-state index is 0.00766. The Bertz CT molecular complexity index is 625. The van der Waals surface area contributed by atoms with Crippen molar-refractivity contribution in [3.05, 3.63) is 52.1 Å². The summed E-state index contributed by atoms with van der Waals surface area (Å²) < 4.78 is 19.6. The Kier molecular flexibility index (Phi) is 3.85. The molecule has 0 fully saturated rings. The summed E-state index contributed by atoms with van der Waals surface area (Å²) in [5, 5.41) is 4.19. The summed E-state index contributed by atoms with van der Waals surface area (Å²) in [6.45, 7) is 1.76. The number of aryl methyl sites for hydroxylation is 1. The van der Waals surface area contributed by atoms with Crippen LogP contribution in [0.5, 0.6) is 0 Å². The number of halogens is 2. The SMILES string of the molecule is Cc1c(C(=O)OCc2ccc(F)cc2Cl)cnn1C. The van der Waals surface area contributed by atoms with Crippen molar-refractivity contribution in [1.29, 1.82) is 0 Å². The highest BCUT2D eigenvalue weighted by molar-refractivity contribution is 6.31. The van der Waals surface area contributed by atoms with Crippen LogP contribution in [0, 0.1) is 12.7 Å². The molecule has 0 N–H and O–H groups in total. The van der Waals surface area contributed by atoms with E-state index in [0.29, 0.717) is 11.1 Å². The Morgan fingerprint density at radius 1 is 1.53 bits per heavy atom. The molecule has 100 valence electrons. The van der Waals surface area contributed by atoms with E-state index in [1.807, 2.05) is 0 Å². The molecule has 0 amide bonds. The van der Waals surface area contributed by atoms with Crippen LogP contribution in [0.25, 0.3) is 0 Å². The number of rotatable bonds is 3. The number of aromatic nitrogens is 2. The zero-order valence-corrected chi connectivity index (χ0v) is 11.2. The van der Waals surface area contributed by atoms with Gasteiger partial charge in [0.05, 0.1) is 11.2 Å². The van der Waals surface area contributed by atoms with Crippen molar-refractivity contribution in [2.75, 3.05) is 0 Å². The fourth-order valence-electron chi connectivity index (χ4n) is 1.56. The van der Waals surface area contributed by atoms with Gasteiger partial charge in [0.2, 0.25) is 0 Å². The van der Waals surface area contributed by atoms with E-state index in [2.05, 4.69) is 5.10 Å². The first-order valence-electron chi connectivity index (χ1n) is 5.58. The van der Waals surface area contributed by atoms with E-state index in [0.717, 1.165) is 5.69 Å². The predicted octanol–water partition coefficient (Wildman–Crippen LogP) is 2.88. The highest BCUT2D eigenvalue weighted by atomic mass is 35.5. The molecule has 0 spiro atoms. The normalized spacial score (nSPS) is 10.5. The van der Waals surface area contributed by atoms with Crippen molar-refractivity contribution in [3.8, 4) is 0 Å². The van der Waals surface area contributed by atoms with Gasteiger partial charge in [-0.2, -0.15) is 5.10 Å². The third-order valence-corrected chi connectivity index (χ3v) is 3.18. The Morgan fingerprint density at radius 2 is 2.26 bits per heavy atom. The Morgan fingerprint density at radius 3 is 2.84 bits per heavy atom. The lowest BCUT2D eigenvalue weighted by Crippen LogP contribution is -2.07. The molecule has 0 saturated heterocycles. The molecular weight excluding hydrogens is 271 g/mol. The van der Waals surface area contributed by atoms with Gasteiger partial charge in [0.1, 0.15) is 18.0 Å². The molecule has 0 aliphatic carbocycles. The molecular formula is C13H12ClFN2O2. The fourth-order valence-corrected chi connectivity index (χ4v) is 1.78. The maximum atomic E-state index is 12.9. The molecule has 2 aromatic rings. The van der Waals surface area contributed by atoms with Gasteiger partial charge in [0, 0.05) is 18.3 Å². The van der Waals surface area contributed by atoms with Gasteiger partial charge in [0.25, 0.3) is 0 Å². The van der Waals surface area contributed by atoms with E-state index in [4.69, 9.17) is 16.3 Å². The Labute approximate surface area is 114 Å². The van der Waals surface area contributed by atoms with E-state index < -0.39 is 11.8 Å². The molecule has 4 nitrogen and oxygen atoms in total. The van der Waals surface area contributed by atoms with Crippen molar-refractivity contribution < 1.29 is 13.9 Å². The van der Waals surface area contributed by atoms with Crippen molar-refractivity contribution >= 4 is 17.6 Å². The third-order valence-electron chi connectivity index (χ3n) is 2.83. The molecule has 0 aliphatic rings. The maximum Gasteiger partial charge on any atom is 0.341 e. The molecule has 1 heterocycles. The summed E-state index contributed by atoms with van der Waals surface area (Å²) in [6, 6.07) is 3.94. The largest absolute Gasteiger partial charge is 0.457 e. The van der Waals surface area contributed by atoms with E-state index in [1.165, 1.54) is 24.4 Å². The van der Waals surface area contributed by atoms with Crippen molar-refractivity contribution in [3.63, 3.8) is 0 Å². The van der Waals surface area contributed by atoms with Crippen LogP contribution in [0.2, 0.25) is 5.02 Å². The van der Waals surface area contributed by atoms with Gasteiger partial charge in [-0.1, -0.05) is 17.7 Å². The number of hydrogen-bond donors (Lipinski definition) is 0. The monoisotopic (exact) mass is 282 g/mol. The first kappa shape index (κ1) is 13.5. The maximum absolute atomic E-state index is 12.9. The minimum Gasteiger partial charge on any atom is -0.457 e. The van der Waals surface area contributed by atoms with Crippen LogP contribution in [0.15, 0.2) is 24.4 Å². The van der Waals surface area contributed by atoms with Crippen molar-refractivity contribution in [1.82, 2.24) is 9.78 Å². The Balaban J connectivity index is 2.06. The first-order chi connectivity index (χ1) is 8.99. The average Bonchev–Trinajstić information content (AvgIpc) is 2.69. The summed E-state index contributed by atoms with van der Waals surface area (Å²) in [4.78, 5) is 11.8. The molecule has 0 atom stereocenters. The van der Waals surface area contributed by atoms with Gasteiger partial charge >= 0.3 is 5.97 Å². The zero-order chi connectivity index (χ0) is 14.0. The first-order valence-corrected chi connectivity index (χ1v) is 5.96. The number of ether oxygens (including phenoxy) is 1. The van der Waals surface area contributed by atoms with Crippen LogP contribution < -0.4 is 0 Å². The van der Waals surface area contributed by atoms with E-state index in [1.54, 1.807) is 18.7 Å². The number of carbonyl (C=O) groups excluding carboxylic acids is 1. The lowest BCUT2D eigenvalue weighted by Gasteiger charge is -2.06. The van der Waals surface area contributed by atoms with Crippen LogP contribution in [-0.2, 0) is 18.4 Å². The van der Waals surface area contributed by atoms with Crippen molar-refractivity contribution in [2.24, 2.45) is 7.05 Å². The quantitative estimate of drug-likeness (QED) is 0.813. The predicted molar refractivity (Wildman–Crippen MR) is 68.5 cm³/mol. The van der Waals surface area contributed by atoms with Crippen LogP contribution in [-0.4, -0.2) is 15.7 Å². The third kappa shape index (κ3) is 2.93. The Hall–Kier alpha value is -1.88. The number of carbonyl (C=O) groups is 1. The lowest BCUT2D eigenvalue weighted by atomic mass is 10.2. The van der Waals surface area contributed by atoms with Gasteiger partial charge < -0.3 is 4.74 Å². The van der Waals surface area contributed by atoms with Gasteiger partial charge in [-0.3, -0.25) is 4.68 Å². The standard InChI is InChI=1S/C13H12ClFN2O2/c1-8-11(6-16-17(8)2)13(18)19-7-9-3-4-10(15)5-12(9)14/h3-6H,7H2,1-2H3. The molecule has 0 aliphatic heterocycles. The molecule has 19 heavy (non-hydrogen) atoms. The summed E-state index contributed by atoms with van der Waals surface area (Å²) >= 11 is 5.85. The molecule has 1 aromatic carbocycles. The summed E-state index contributed by atoms with van der Waals surface area (Å²) in [6.07, 6.45) is 1.45. The lowest BCUT2D eigenvalue weighted by molar-refractivity contribution is 0.0472. The fraction of sp³-hybridized carbons (Fsp3) is 0.231. The molecule has 0 saturated carbocycles. The highest BCUT2D eigenvalue weighted by Crippen LogP contribution is 2.19. The average molecular weight is 283 g/mol. The highest BCUT2D eigenvalue weighted by Gasteiger charge is 2.14. The topological polar surface area (TPSA) is 44.1 Å². The van der Waals surface area contributed by atoms with Crippen LogP contribution >= 0.6 is 11.6 Å². The zero-order valence-electron chi connectivity index (χ0n) is 10.5. The second kappa shape index (κ2) is 5.40. The number of hydrogen-bond acceptors (Lipinski definition) is 3. The second-order valence-electron chi connectivity index (χ2n) is 4.08. The van der Waals surface area contributed by atoms with Crippen LogP contribution in [0.1, 0.15) is 21.6 Å². The second-order valence-corrected chi connectivity index (χ2v) is 4.49. The van der Waals surface area contributed by atoms with Gasteiger partial charge in [0.15, 0.2) is 0 Å². The molecule has 0 unspecified atom stereocenters. The summed E-state index contributed by atoms with van der Waals surface area (Å²) in [7, 11) is 1.74. The molecule has 6 heteroatoms. The van der Waals surface area contributed by atoms with Crippen LogP contribution in [0.3, 0.4) is 0 Å². The molecule has 1 aromatic heterocycles. The van der Waals surface area contributed by atoms with Gasteiger partial charge in [-0.25, -0.2) is 9.18 Å². The van der Waals surface area contributed by atoms with E-state index in [9.17, 15) is 9.18 Å². The molecule has 0 bridgehead atoms. The summed E-state index contributed by atoms with van der Waals surface area (Å²) in [5.41, 5.74) is 1.67. The van der Waals surface area contributed by atoms with Gasteiger partial charge in [-0.15, -0.1) is 0 Å². The van der Waals surface area contributed by atoms with E-state index in [-0.39, 0.29) is 11.6 Å². The van der Waals surface area contributed by atoms with Gasteiger partial charge in [-0.05, 0) is 19.1 Å². The number of benzene rings is 1. The number of nitrogens with zero attached hydrogens (tertiary/aromatic N) is 2. The summed E-state index contributed by atoms with van der Waals surface area (Å²) in [5.74, 6) is -0.908. The van der Waals surface area contributed by atoms with E-state index >= 15 is 0 Å². The van der Waals surface area contributed by atoms with Crippen molar-refractivity contribution in [2.45, 2.75) is 13.5 Å². The minimum atomic E-state index is -0.481. The smallest absolute Gasteiger partial charge is 0.341 e. The molecule has 0 radical (unpaired) electrons. The number of esters is 1. The molecule has 2 rings (SSSR count). The van der Waals surface area contributed by atoms with Crippen LogP contribution in [0.4, 0.5) is 4.39 Å².